The first-order valence-electron chi connectivity index (χ1n) is 6.68. The molecule has 2 fully saturated rings. The maximum absolute atomic E-state index is 10.9. The molecule has 0 amide bonds. The number of methoxy groups -OCH3 is 1. The van der Waals surface area contributed by atoms with E-state index in [-0.39, 0.29) is 0 Å². The van der Waals surface area contributed by atoms with E-state index >= 15 is 0 Å². The van der Waals surface area contributed by atoms with Crippen molar-refractivity contribution < 1.29 is 9.84 Å². The number of nitrogens with zero attached hydrogens (tertiary/aromatic N) is 1. The van der Waals surface area contributed by atoms with Gasteiger partial charge in [0.05, 0.1) is 19.0 Å². The number of nitrogens with one attached hydrogen (secondary N) is 1. The topological polar surface area (TPSA) is 54.4 Å². The standard InChI is InChI=1S/C14H20N2O2/c1-18-12-5-6-13(15-9-12)14(17)7-10-3-2-4-11(8-14)16-10/h5-6,9-11,16-17H,2-4,7-8H2,1H3. The number of pyridine rings is 1. The summed E-state index contributed by atoms with van der Waals surface area (Å²) < 4.78 is 5.11. The summed E-state index contributed by atoms with van der Waals surface area (Å²) in [5.74, 6) is 0.733. The zero-order valence-corrected chi connectivity index (χ0v) is 10.7. The number of aliphatic hydroxyl groups is 1. The van der Waals surface area contributed by atoms with Crippen LogP contribution in [0.15, 0.2) is 18.3 Å². The lowest BCUT2D eigenvalue weighted by Crippen LogP contribution is -2.54. The average Bonchev–Trinajstić information content (AvgIpc) is 2.38. The van der Waals surface area contributed by atoms with Crippen molar-refractivity contribution in [3.63, 3.8) is 0 Å². The molecule has 2 bridgehead atoms. The van der Waals surface area contributed by atoms with Gasteiger partial charge in [0.15, 0.2) is 0 Å². The minimum atomic E-state index is -0.771. The van der Waals surface area contributed by atoms with Crippen LogP contribution in [-0.2, 0) is 5.60 Å². The minimum absolute atomic E-state index is 0.436. The molecule has 4 nitrogen and oxygen atoms in total. The van der Waals surface area contributed by atoms with Crippen LogP contribution in [0.25, 0.3) is 0 Å². The molecule has 2 aliphatic heterocycles. The summed E-state index contributed by atoms with van der Waals surface area (Å²) in [5.41, 5.74) is 0.00879. The highest BCUT2D eigenvalue weighted by molar-refractivity contribution is 5.24. The molecule has 2 unspecified atom stereocenters. The summed E-state index contributed by atoms with van der Waals surface area (Å²) in [4.78, 5) is 4.37. The Bertz CT molecular complexity index is 406. The van der Waals surface area contributed by atoms with E-state index in [9.17, 15) is 5.11 Å². The fraction of sp³-hybridized carbons (Fsp3) is 0.643. The number of rotatable bonds is 2. The summed E-state index contributed by atoms with van der Waals surface area (Å²) in [6.45, 7) is 0. The van der Waals surface area contributed by atoms with Crippen LogP contribution >= 0.6 is 0 Å². The third kappa shape index (κ3) is 2.10. The van der Waals surface area contributed by atoms with Gasteiger partial charge < -0.3 is 15.2 Å². The molecule has 2 atom stereocenters. The largest absolute Gasteiger partial charge is 0.495 e. The molecule has 4 heteroatoms. The number of hydrogen-bond acceptors (Lipinski definition) is 4. The van der Waals surface area contributed by atoms with Crippen LogP contribution in [0.1, 0.15) is 37.8 Å². The smallest absolute Gasteiger partial charge is 0.137 e. The molecule has 0 spiro atoms. The van der Waals surface area contributed by atoms with Crippen LogP contribution in [0.5, 0.6) is 5.75 Å². The SMILES string of the molecule is COc1ccc(C2(O)CC3CCCC(C2)N3)nc1. The lowest BCUT2D eigenvalue weighted by molar-refractivity contribution is -0.0392. The first kappa shape index (κ1) is 11.9. The number of piperidine rings is 2. The molecule has 98 valence electrons. The lowest BCUT2D eigenvalue weighted by atomic mass is 9.75. The van der Waals surface area contributed by atoms with Crippen LogP contribution in [0, 0.1) is 0 Å². The van der Waals surface area contributed by atoms with E-state index in [0.29, 0.717) is 12.1 Å². The maximum Gasteiger partial charge on any atom is 0.137 e. The normalized spacial score (nSPS) is 35.2. The highest BCUT2D eigenvalue weighted by Crippen LogP contribution is 2.38. The van der Waals surface area contributed by atoms with Gasteiger partial charge in [-0.15, -0.1) is 0 Å². The number of aromatic nitrogens is 1. The Labute approximate surface area is 107 Å². The van der Waals surface area contributed by atoms with Crippen molar-refractivity contribution in [2.45, 2.75) is 49.8 Å². The summed E-state index contributed by atoms with van der Waals surface area (Å²) in [6, 6.07) is 4.63. The molecule has 2 N–H and O–H groups in total. The predicted molar refractivity (Wildman–Crippen MR) is 68.5 cm³/mol. The molecule has 1 aromatic rings. The van der Waals surface area contributed by atoms with E-state index in [2.05, 4.69) is 10.3 Å². The van der Waals surface area contributed by atoms with Crippen molar-refractivity contribution in [2.24, 2.45) is 0 Å². The molecule has 0 saturated carbocycles. The molecule has 3 rings (SSSR count). The van der Waals surface area contributed by atoms with Gasteiger partial charge in [0.2, 0.25) is 0 Å². The zero-order chi connectivity index (χ0) is 12.6. The molecule has 1 aromatic heterocycles. The van der Waals surface area contributed by atoms with E-state index in [1.807, 2.05) is 12.1 Å². The summed E-state index contributed by atoms with van der Waals surface area (Å²) in [6.07, 6.45) is 6.81. The second kappa shape index (κ2) is 4.52. The van der Waals surface area contributed by atoms with Gasteiger partial charge in [0.25, 0.3) is 0 Å². The van der Waals surface area contributed by atoms with Crippen molar-refractivity contribution in [1.82, 2.24) is 10.3 Å². The fourth-order valence-electron chi connectivity index (χ4n) is 3.32. The third-order valence-corrected chi connectivity index (χ3v) is 4.19. The van der Waals surface area contributed by atoms with Gasteiger partial charge >= 0.3 is 0 Å². The van der Waals surface area contributed by atoms with Gasteiger partial charge in [-0.05, 0) is 37.8 Å². The van der Waals surface area contributed by atoms with Gasteiger partial charge in [-0.3, -0.25) is 4.98 Å². The highest BCUT2D eigenvalue weighted by Gasteiger charge is 2.42. The van der Waals surface area contributed by atoms with Crippen molar-refractivity contribution in [1.29, 1.82) is 0 Å². The molecule has 2 aliphatic rings. The molecule has 0 aromatic carbocycles. The molecule has 0 aliphatic carbocycles. The van der Waals surface area contributed by atoms with E-state index in [1.165, 1.54) is 6.42 Å². The molecule has 2 saturated heterocycles. The van der Waals surface area contributed by atoms with Gasteiger partial charge in [-0.25, -0.2) is 0 Å². The Balaban J connectivity index is 1.84. The molecule has 3 heterocycles. The Morgan fingerprint density at radius 1 is 1.33 bits per heavy atom. The van der Waals surface area contributed by atoms with Crippen molar-refractivity contribution in [3.8, 4) is 5.75 Å². The fourth-order valence-corrected chi connectivity index (χ4v) is 3.32. The average molecular weight is 248 g/mol. The van der Waals surface area contributed by atoms with Crippen LogP contribution in [-0.4, -0.2) is 29.3 Å². The van der Waals surface area contributed by atoms with E-state index in [4.69, 9.17) is 4.74 Å². The van der Waals surface area contributed by atoms with Crippen molar-refractivity contribution in [3.05, 3.63) is 24.0 Å². The Morgan fingerprint density at radius 2 is 2.06 bits per heavy atom. The van der Waals surface area contributed by atoms with Crippen LogP contribution in [0.4, 0.5) is 0 Å². The van der Waals surface area contributed by atoms with Crippen molar-refractivity contribution in [2.75, 3.05) is 7.11 Å². The summed E-state index contributed by atoms with van der Waals surface area (Å²) >= 11 is 0. The minimum Gasteiger partial charge on any atom is -0.495 e. The number of ether oxygens (including phenoxy) is 1. The third-order valence-electron chi connectivity index (χ3n) is 4.19. The highest BCUT2D eigenvalue weighted by atomic mass is 16.5. The monoisotopic (exact) mass is 248 g/mol. The van der Waals surface area contributed by atoms with E-state index in [1.54, 1.807) is 13.3 Å². The van der Waals surface area contributed by atoms with Gasteiger partial charge in [0, 0.05) is 12.1 Å². The van der Waals surface area contributed by atoms with Crippen LogP contribution in [0.3, 0.4) is 0 Å². The predicted octanol–water partition coefficient (Wildman–Crippen LogP) is 1.58. The number of fused-ring (bicyclic) bond motifs is 2. The molecular formula is C14H20N2O2. The molecular weight excluding hydrogens is 228 g/mol. The van der Waals surface area contributed by atoms with Crippen molar-refractivity contribution >= 4 is 0 Å². The maximum atomic E-state index is 10.9. The summed E-state index contributed by atoms with van der Waals surface area (Å²) in [7, 11) is 1.63. The zero-order valence-electron chi connectivity index (χ0n) is 10.7. The Hall–Kier alpha value is -1.13. The molecule has 18 heavy (non-hydrogen) atoms. The lowest BCUT2D eigenvalue weighted by Gasteiger charge is -2.44. The first-order valence-corrected chi connectivity index (χ1v) is 6.68. The molecule has 0 radical (unpaired) electrons. The quantitative estimate of drug-likeness (QED) is 0.834. The Morgan fingerprint density at radius 3 is 2.61 bits per heavy atom. The van der Waals surface area contributed by atoms with Gasteiger partial charge in [0.1, 0.15) is 11.4 Å². The summed E-state index contributed by atoms with van der Waals surface area (Å²) in [5, 5.41) is 14.5. The number of hydrogen-bond donors (Lipinski definition) is 2. The van der Waals surface area contributed by atoms with Crippen LogP contribution in [0.2, 0.25) is 0 Å². The van der Waals surface area contributed by atoms with E-state index < -0.39 is 5.60 Å². The second-order valence-electron chi connectivity index (χ2n) is 5.51. The second-order valence-corrected chi connectivity index (χ2v) is 5.51. The Kier molecular flexibility index (Phi) is 2.99. The van der Waals surface area contributed by atoms with Crippen LogP contribution < -0.4 is 10.1 Å². The van der Waals surface area contributed by atoms with Gasteiger partial charge in [-0.1, -0.05) is 6.42 Å². The first-order chi connectivity index (χ1) is 8.69. The van der Waals surface area contributed by atoms with E-state index in [0.717, 1.165) is 37.1 Å². The van der Waals surface area contributed by atoms with Gasteiger partial charge in [-0.2, -0.15) is 0 Å².